The predicted octanol–water partition coefficient (Wildman–Crippen LogP) is 12.4. The van der Waals surface area contributed by atoms with Gasteiger partial charge in [-0.15, -0.1) is 0 Å². The quantitative estimate of drug-likeness (QED) is 0.179. The number of benzene rings is 5. The van der Waals surface area contributed by atoms with Gasteiger partial charge in [-0.2, -0.15) is 0 Å². The zero-order valence-electron chi connectivity index (χ0n) is 31.8. The Kier molecular flexibility index (Phi) is 7.03. The highest BCUT2D eigenvalue weighted by atomic mass is 15.4. The highest BCUT2D eigenvalue weighted by Gasteiger charge is 2.27. The molecule has 55 heavy (non-hydrogen) atoms. The van der Waals surface area contributed by atoms with Crippen LogP contribution in [0.3, 0.4) is 0 Å². The summed E-state index contributed by atoms with van der Waals surface area (Å²) < 4.78 is 7.06. The molecule has 0 spiro atoms. The van der Waals surface area contributed by atoms with Crippen LogP contribution >= 0.6 is 0 Å². The average Bonchev–Trinajstić information content (AvgIpc) is 3.93. The molecule has 11 rings (SSSR count). The molecule has 2 aliphatic rings. The molecule has 0 unspecified atom stereocenters. The fourth-order valence-corrected chi connectivity index (χ4v) is 9.60. The van der Waals surface area contributed by atoms with Gasteiger partial charge in [-0.3, -0.25) is 9.24 Å². The van der Waals surface area contributed by atoms with E-state index in [2.05, 4.69) is 163 Å². The summed E-state index contributed by atoms with van der Waals surface area (Å²) in [5.74, 6) is 0.983. The van der Waals surface area contributed by atoms with Crippen molar-refractivity contribution < 1.29 is 0 Å². The summed E-state index contributed by atoms with van der Waals surface area (Å²) >= 11 is 0. The van der Waals surface area contributed by atoms with E-state index in [1.54, 1.807) is 0 Å². The molecule has 0 N–H and O–H groups in total. The number of nitrogens with zero attached hydrogens (tertiary/aromatic N) is 4. The molecule has 0 amide bonds. The Labute approximate surface area is 321 Å². The largest absolute Gasteiger partial charge is 0.298 e. The number of fused-ring (bicyclic) bond motifs is 9. The van der Waals surface area contributed by atoms with Gasteiger partial charge in [-0.25, -0.2) is 9.66 Å². The highest BCUT2D eigenvalue weighted by molar-refractivity contribution is 6.11. The zero-order chi connectivity index (χ0) is 36.9. The van der Waals surface area contributed by atoms with Gasteiger partial charge in [0.1, 0.15) is 5.82 Å². The molecule has 266 valence electrons. The normalized spacial score (nSPS) is 13.6. The van der Waals surface area contributed by atoms with Crippen molar-refractivity contribution in [3.8, 4) is 28.1 Å². The van der Waals surface area contributed by atoms with Gasteiger partial charge in [-0.1, -0.05) is 59.7 Å². The number of pyridine rings is 1. The molecule has 4 nitrogen and oxygen atoms in total. The molecule has 4 heterocycles. The van der Waals surface area contributed by atoms with E-state index in [0.29, 0.717) is 0 Å². The van der Waals surface area contributed by atoms with E-state index in [1.165, 1.54) is 111 Å². The summed E-state index contributed by atoms with van der Waals surface area (Å²) in [6, 6.07) is 41.1. The Balaban J connectivity index is 1.15. The molecule has 0 saturated carbocycles. The Bertz CT molecular complexity index is 3060. The Morgan fingerprint density at radius 2 is 1.22 bits per heavy atom. The molecule has 0 fully saturated rings. The number of allylic oxidation sites excluding steroid dienone is 1. The summed E-state index contributed by atoms with van der Waals surface area (Å²) in [5.41, 5.74) is 22.5. The SMILES string of the molecule is Cc1ccc(C)c(C2=Cc3c(n(-c4ccccn4)c4cc5c(cc34)CCc3cc4c6cc(-c7cc(C)ccc7C)ccc6n(-n6cccc6)c4cc3-5)CC2)c1. The minimum atomic E-state index is 0.975. The highest BCUT2D eigenvalue weighted by Crippen LogP contribution is 2.45. The number of hydrogen-bond acceptors (Lipinski definition) is 1. The van der Waals surface area contributed by atoms with Gasteiger partial charge in [0.05, 0.1) is 16.6 Å². The lowest BCUT2D eigenvalue weighted by atomic mass is 9.83. The van der Waals surface area contributed by atoms with Gasteiger partial charge in [0.15, 0.2) is 0 Å². The first kappa shape index (κ1) is 32.1. The van der Waals surface area contributed by atoms with Gasteiger partial charge in [-0.05, 0) is 176 Å². The van der Waals surface area contributed by atoms with E-state index < -0.39 is 0 Å². The smallest absolute Gasteiger partial charge is 0.137 e. The second kappa shape index (κ2) is 12.1. The fourth-order valence-electron chi connectivity index (χ4n) is 9.60. The maximum atomic E-state index is 4.92. The lowest BCUT2D eigenvalue weighted by Crippen LogP contribution is -2.08. The summed E-state index contributed by atoms with van der Waals surface area (Å²) in [7, 11) is 0. The van der Waals surface area contributed by atoms with Crippen LogP contribution in [-0.4, -0.2) is 18.9 Å². The van der Waals surface area contributed by atoms with Gasteiger partial charge in [0, 0.05) is 46.0 Å². The fraction of sp³-hybridized carbons (Fsp3) is 0.157. The maximum absolute atomic E-state index is 4.92. The van der Waals surface area contributed by atoms with E-state index in [-0.39, 0.29) is 0 Å². The van der Waals surface area contributed by atoms with Crippen molar-refractivity contribution in [1.82, 2.24) is 18.9 Å². The van der Waals surface area contributed by atoms with Crippen LogP contribution in [0.2, 0.25) is 0 Å². The lowest BCUT2D eigenvalue weighted by Gasteiger charge is -2.21. The minimum absolute atomic E-state index is 0.975. The first-order chi connectivity index (χ1) is 26.9. The summed E-state index contributed by atoms with van der Waals surface area (Å²) in [5, 5.41) is 3.91. The van der Waals surface area contributed by atoms with E-state index in [1.807, 2.05) is 12.3 Å². The summed E-state index contributed by atoms with van der Waals surface area (Å²) in [4.78, 5) is 4.92. The molecule has 2 aliphatic carbocycles. The number of aryl methyl sites for hydroxylation is 6. The number of hydrogen-bond donors (Lipinski definition) is 0. The van der Waals surface area contributed by atoms with E-state index in [4.69, 9.17) is 4.98 Å². The molecule has 9 aromatic rings. The van der Waals surface area contributed by atoms with Crippen LogP contribution in [-0.2, 0) is 19.3 Å². The van der Waals surface area contributed by atoms with Gasteiger partial charge >= 0.3 is 0 Å². The second-order valence-electron chi connectivity index (χ2n) is 15.8. The van der Waals surface area contributed by atoms with Crippen molar-refractivity contribution in [2.24, 2.45) is 0 Å². The van der Waals surface area contributed by atoms with Gasteiger partial charge < -0.3 is 0 Å². The van der Waals surface area contributed by atoms with Crippen LogP contribution in [0.4, 0.5) is 0 Å². The van der Waals surface area contributed by atoms with Crippen LogP contribution in [0.1, 0.15) is 56.6 Å². The van der Waals surface area contributed by atoms with Crippen LogP contribution in [0.15, 0.2) is 128 Å². The molecule has 0 bridgehead atoms. The molecule has 4 heteroatoms. The minimum Gasteiger partial charge on any atom is -0.298 e. The van der Waals surface area contributed by atoms with Crippen molar-refractivity contribution in [3.05, 3.63) is 178 Å². The first-order valence-corrected chi connectivity index (χ1v) is 19.6. The third-order valence-corrected chi connectivity index (χ3v) is 12.3. The van der Waals surface area contributed by atoms with Crippen LogP contribution < -0.4 is 0 Å². The molecule has 4 aromatic heterocycles. The monoisotopic (exact) mass is 710 g/mol. The van der Waals surface area contributed by atoms with Crippen LogP contribution in [0, 0.1) is 27.7 Å². The van der Waals surface area contributed by atoms with Crippen molar-refractivity contribution in [3.63, 3.8) is 0 Å². The lowest BCUT2D eigenvalue weighted by molar-refractivity contribution is 0.718. The Morgan fingerprint density at radius 1 is 0.527 bits per heavy atom. The standard InChI is InChI=1S/C51H42N4/c1-31-10-12-33(3)39(23-31)35-16-18-47-43(25-35)45-27-37-14-15-38-28-46-44-26-36(40-24-32(2)11-13-34(40)4)17-19-48(44)55(53-21-7-8-22-53)50(46)30-42(38)41(37)29-49(45)54(47)51-9-5-6-20-52-51/h5-13,17,19-30H,14-16,18H2,1-4H3. The molecule has 0 atom stereocenters. The molecule has 0 saturated heterocycles. The zero-order valence-corrected chi connectivity index (χ0v) is 31.8. The molecule has 0 aliphatic heterocycles. The third-order valence-electron chi connectivity index (χ3n) is 12.3. The topological polar surface area (TPSA) is 27.7 Å². The van der Waals surface area contributed by atoms with E-state index in [9.17, 15) is 0 Å². The molecule has 0 radical (unpaired) electrons. The van der Waals surface area contributed by atoms with Gasteiger partial charge in [0.25, 0.3) is 0 Å². The van der Waals surface area contributed by atoms with E-state index >= 15 is 0 Å². The Hall–Kier alpha value is -6.39. The Morgan fingerprint density at radius 3 is 1.96 bits per heavy atom. The van der Waals surface area contributed by atoms with Crippen molar-refractivity contribution in [2.45, 2.75) is 53.4 Å². The van der Waals surface area contributed by atoms with E-state index in [0.717, 1.165) is 31.5 Å². The van der Waals surface area contributed by atoms with Gasteiger partial charge in [0.2, 0.25) is 0 Å². The summed E-state index contributed by atoms with van der Waals surface area (Å²) in [6.07, 6.45) is 12.7. The first-order valence-electron chi connectivity index (χ1n) is 19.6. The maximum Gasteiger partial charge on any atom is 0.137 e. The molecular formula is C51H42N4. The second-order valence-corrected chi connectivity index (χ2v) is 15.8. The molecule has 5 aromatic carbocycles. The van der Waals surface area contributed by atoms with Crippen molar-refractivity contribution in [2.75, 3.05) is 0 Å². The van der Waals surface area contributed by atoms with Crippen molar-refractivity contribution in [1.29, 1.82) is 0 Å². The predicted molar refractivity (Wildman–Crippen MR) is 229 cm³/mol. The van der Waals surface area contributed by atoms with Crippen molar-refractivity contribution >= 4 is 44.4 Å². The average molecular weight is 711 g/mol. The number of rotatable bonds is 4. The number of aromatic nitrogens is 4. The molecular weight excluding hydrogens is 669 g/mol. The van der Waals surface area contributed by atoms with Crippen LogP contribution in [0.25, 0.3) is 72.4 Å². The summed E-state index contributed by atoms with van der Waals surface area (Å²) in [6.45, 7) is 8.84. The third kappa shape index (κ3) is 4.94. The van der Waals surface area contributed by atoms with Crippen LogP contribution in [0.5, 0.6) is 0 Å².